The van der Waals surface area contributed by atoms with Crippen LogP contribution in [0.1, 0.15) is 58.1 Å². The van der Waals surface area contributed by atoms with Gasteiger partial charge >= 0.3 is 0 Å². The molecule has 1 aromatic heterocycles. The van der Waals surface area contributed by atoms with Gasteiger partial charge in [-0.1, -0.05) is 13.8 Å². The lowest BCUT2D eigenvalue weighted by molar-refractivity contribution is 0.254. The van der Waals surface area contributed by atoms with Gasteiger partial charge in [-0.25, -0.2) is 0 Å². The van der Waals surface area contributed by atoms with Crippen molar-refractivity contribution in [3.63, 3.8) is 0 Å². The first kappa shape index (κ1) is 16.3. The minimum atomic E-state index is 0.140. The Labute approximate surface area is 118 Å². The maximum Gasteiger partial charge on any atom is 0.118 e. The van der Waals surface area contributed by atoms with E-state index in [2.05, 4.69) is 57.8 Å². The highest BCUT2D eigenvalue weighted by Crippen LogP contribution is 2.17. The molecule has 0 unspecified atom stereocenters. The van der Waals surface area contributed by atoms with Crippen LogP contribution in [0.2, 0.25) is 0 Å². The fraction of sp³-hybridized carbons (Fsp3) is 0.750. The summed E-state index contributed by atoms with van der Waals surface area (Å²) in [4.78, 5) is 2.42. The summed E-state index contributed by atoms with van der Waals surface area (Å²) in [6, 6.07) is 2.20. The van der Waals surface area contributed by atoms with E-state index < -0.39 is 0 Å². The van der Waals surface area contributed by atoms with Crippen molar-refractivity contribution >= 4 is 0 Å². The lowest BCUT2D eigenvalue weighted by Gasteiger charge is -2.20. The van der Waals surface area contributed by atoms with E-state index in [1.807, 2.05) is 0 Å². The second-order valence-electron chi connectivity index (χ2n) is 6.27. The second kappa shape index (κ2) is 7.11. The maximum absolute atomic E-state index is 5.88. The van der Waals surface area contributed by atoms with Gasteiger partial charge in [-0.15, -0.1) is 0 Å². The molecule has 0 atom stereocenters. The Hall–Kier alpha value is -0.800. The zero-order valence-electron chi connectivity index (χ0n) is 13.5. The molecule has 0 aliphatic rings. The molecule has 3 nitrogen and oxygen atoms in total. The van der Waals surface area contributed by atoms with Crippen molar-refractivity contribution in [3.8, 4) is 0 Å². The molecule has 1 rings (SSSR count). The summed E-state index contributed by atoms with van der Waals surface area (Å²) >= 11 is 0. The quantitative estimate of drug-likeness (QED) is 0.815. The maximum atomic E-state index is 5.88. The van der Waals surface area contributed by atoms with Crippen molar-refractivity contribution in [1.29, 1.82) is 0 Å². The molecule has 1 N–H and O–H groups in total. The SMILES string of the molecule is CCCN(CC)Cc1cc(CNC(C)(C)C)c(C)o1. The van der Waals surface area contributed by atoms with Crippen LogP contribution < -0.4 is 5.32 Å². The van der Waals surface area contributed by atoms with E-state index in [4.69, 9.17) is 4.42 Å². The molecule has 0 aliphatic carbocycles. The van der Waals surface area contributed by atoms with E-state index in [9.17, 15) is 0 Å². The standard InChI is InChI=1S/C16H30N2O/c1-7-9-18(8-2)12-15-10-14(13(3)19-15)11-17-16(4,5)6/h10,17H,7-9,11-12H2,1-6H3. The van der Waals surface area contributed by atoms with Crippen LogP contribution in [0.4, 0.5) is 0 Å². The van der Waals surface area contributed by atoms with Crippen LogP contribution in [-0.4, -0.2) is 23.5 Å². The van der Waals surface area contributed by atoms with Crippen LogP contribution in [0.15, 0.2) is 10.5 Å². The Morgan fingerprint density at radius 2 is 1.95 bits per heavy atom. The number of aryl methyl sites for hydroxylation is 1. The molecule has 0 amide bonds. The molecule has 0 aromatic carbocycles. The Balaban J connectivity index is 2.62. The lowest BCUT2D eigenvalue weighted by Crippen LogP contribution is -2.35. The van der Waals surface area contributed by atoms with E-state index in [0.29, 0.717) is 0 Å². The van der Waals surface area contributed by atoms with Gasteiger partial charge in [0.05, 0.1) is 6.54 Å². The zero-order chi connectivity index (χ0) is 14.5. The van der Waals surface area contributed by atoms with Crippen molar-refractivity contribution in [2.75, 3.05) is 13.1 Å². The zero-order valence-corrected chi connectivity index (χ0v) is 13.5. The average molecular weight is 266 g/mol. The molecule has 0 fully saturated rings. The van der Waals surface area contributed by atoms with Crippen molar-refractivity contribution in [2.45, 2.75) is 66.6 Å². The molecule has 19 heavy (non-hydrogen) atoms. The van der Waals surface area contributed by atoms with Gasteiger partial charge < -0.3 is 9.73 Å². The van der Waals surface area contributed by atoms with Gasteiger partial charge in [0.25, 0.3) is 0 Å². The summed E-state index contributed by atoms with van der Waals surface area (Å²) in [5.41, 5.74) is 1.42. The Morgan fingerprint density at radius 1 is 1.26 bits per heavy atom. The first-order valence-corrected chi connectivity index (χ1v) is 7.41. The Kier molecular flexibility index (Phi) is 6.08. The third-order valence-corrected chi connectivity index (χ3v) is 3.25. The van der Waals surface area contributed by atoms with Gasteiger partial charge in [0.1, 0.15) is 11.5 Å². The van der Waals surface area contributed by atoms with Crippen LogP contribution >= 0.6 is 0 Å². The highest BCUT2D eigenvalue weighted by atomic mass is 16.3. The first-order chi connectivity index (χ1) is 8.85. The van der Waals surface area contributed by atoms with E-state index >= 15 is 0 Å². The number of rotatable bonds is 7. The largest absolute Gasteiger partial charge is 0.465 e. The third kappa shape index (κ3) is 5.79. The number of hydrogen-bond donors (Lipinski definition) is 1. The number of nitrogens with zero attached hydrogens (tertiary/aromatic N) is 1. The monoisotopic (exact) mass is 266 g/mol. The molecule has 0 saturated heterocycles. The van der Waals surface area contributed by atoms with E-state index in [-0.39, 0.29) is 5.54 Å². The Bertz CT molecular complexity index is 377. The van der Waals surface area contributed by atoms with Gasteiger partial charge in [0, 0.05) is 17.6 Å². The molecular weight excluding hydrogens is 236 g/mol. The number of nitrogens with one attached hydrogen (secondary N) is 1. The highest BCUT2D eigenvalue weighted by molar-refractivity contribution is 5.21. The average Bonchev–Trinajstić information content (AvgIpc) is 2.65. The van der Waals surface area contributed by atoms with Gasteiger partial charge in [-0.05, 0) is 53.3 Å². The van der Waals surface area contributed by atoms with Crippen molar-refractivity contribution in [2.24, 2.45) is 0 Å². The van der Waals surface area contributed by atoms with Crippen LogP contribution in [0.25, 0.3) is 0 Å². The van der Waals surface area contributed by atoms with E-state index in [1.165, 1.54) is 12.0 Å². The summed E-state index contributed by atoms with van der Waals surface area (Å²) < 4.78 is 5.88. The van der Waals surface area contributed by atoms with Crippen LogP contribution in [0.5, 0.6) is 0 Å². The molecule has 0 saturated carbocycles. The van der Waals surface area contributed by atoms with Crippen LogP contribution in [-0.2, 0) is 13.1 Å². The van der Waals surface area contributed by atoms with E-state index in [1.54, 1.807) is 0 Å². The molecule has 110 valence electrons. The second-order valence-corrected chi connectivity index (χ2v) is 6.27. The predicted molar refractivity (Wildman–Crippen MR) is 81.3 cm³/mol. The molecule has 0 aliphatic heterocycles. The molecule has 0 bridgehead atoms. The van der Waals surface area contributed by atoms with Crippen LogP contribution in [0, 0.1) is 6.92 Å². The molecule has 0 radical (unpaired) electrons. The minimum absolute atomic E-state index is 0.140. The topological polar surface area (TPSA) is 28.4 Å². The molecule has 3 heteroatoms. The molecule has 0 spiro atoms. The predicted octanol–water partition coefficient (Wildman–Crippen LogP) is 3.71. The summed E-state index contributed by atoms with van der Waals surface area (Å²) in [7, 11) is 0. The van der Waals surface area contributed by atoms with Gasteiger partial charge in [0.15, 0.2) is 0 Å². The van der Waals surface area contributed by atoms with Gasteiger partial charge in [-0.3, -0.25) is 4.90 Å². The number of furan rings is 1. The summed E-state index contributed by atoms with van der Waals surface area (Å²) in [5, 5.41) is 3.51. The summed E-state index contributed by atoms with van der Waals surface area (Å²) in [5.74, 6) is 2.12. The summed E-state index contributed by atoms with van der Waals surface area (Å²) in [6.45, 7) is 17.0. The highest BCUT2D eigenvalue weighted by Gasteiger charge is 2.13. The van der Waals surface area contributed by atoms with Crippen molar-refractivity contribution in [3.05, 3.63) is 23.2 Å². The van der Waals surface area contributed by atoms with Crippen molar-refractivity contribution in [1.82, 2.24) is 10.2 Å². The van der Waals surface area contributed by atoms with E-state index in [0.717, 1.165) is 37.7 Å². The van der Waals surface area contributed by atoms with Crippen molar-refractivity contribution < 1.29 is 4.42 Å². The van der Waals surface area contributed by atoms with Gasteiger partial charge in [-0.2, -0.15) is 0 Å². The lowest BCUT2D eigenvalue weighted by atomic mass is 10.1. The minimum Gasteiger partial charge on any atom is -0.465 e. The smallest absolute Gasteiger partial charge is 0.118 e. The molecule has 1 heterocycles. The van der Waals surface area contributed by atoms with Crippen LogP contribution in [0.3, 0.4) is 0 Å². The fourth-order valence-electron chi connectivity index (χ4n) is 2.09. The summed E-state index contributed by atoms with van der Waals surface area (Å²) in [6.07, 6.45) is 1.19. The first-order valence-electron chi connectivity index (χ1n) is 7.41. The fourth-order valence-corrected chi connectivity index (χ4v) is 2.09. The third-order valence-electron chi connectivity index (χ3n) is 3.25. The Morgan fingerprint density at radius 3 is 2.47 bits per heavy atom. The normalized spacial score (nSPS) is 12.4. The molecular formula is C16H30N2O. The number of hydrogen-bond acceptors (Lipinski definition) is 3. The molecule has 1 aromatic rings. The van der Waals surface area contributed by atoms with Gasteiger partial charge in [0.2, 0.25) is 0 Å².